The molecule has 4 aromatic rings. The van der Waals surface area contributed by atoms with Gasteiger partial charge in [0.15, 0.2) is 29.3 Å². The molecule has 7 N–H and O–H groups in total. The van der Waals surface area contributed by atoms with E-state index in [9.17, 15) is 19.8 Å². The topological polar surface area (TPSA) is 191 Å². The van der Waals surface area contributed by atoms with E-state index in [1.165, 1.54) is 6.33 Å². The summed E-state index contributed by atoms with van der Waals surface area (Å²) in [6, 6.07) is 20.3. The lowest BCUT2D eigenvalue weighted by Gasteiger charge is -2.22. The van der Waals surface area contributed by atoms with Crippen molar-refractivity contribution in [3.8, 4) is 0 Å². The van der Waals surface area contributed by atoms with Crippen LogP contribution in [0.2, 0.25) is 0 Å². The number of nitrogens with one attached hydrogen (secondary N) is 5. The summed E-state index contributed by atoms with van der Waals surface area (Å²) in [7, 11) is 0. The molecule has 5 heterocycles. The number of rotatable bonds is 11. The summed E-state index contributed by atoms with van der Waals surface area (Å²) in [6.45, 7) is 5.36. The smallest absolute Gasteiger partial charge is 0.315 e. The van der Waals surface area contributed by atoms with Crippen LogP contribution in [0.25, 0.3) is 11.2 Å². The number of carbonyl (C=O) groups excluding carboxylic acids is 2. The van der Waals surface area contributed by atoms with Crippen molar-refractivity contribution in [2.24, 2.45) is 0 Å². The molecule has 3 aliphatic heterocycles. The van der Waals surface area contributed by atoms with Gasteiger partial charge in [-0.1, -0.05) is 60.7 Å². The first-order valence-electron chi connectivity index (χ1n) is 17.3. The number of amides is 3. The minimum atomic E-state index is -1.45. The monoisotopic (exact) mass is 684 g/mol. The summed E-state index contributed by atoms with van der Waals surface area (Å²) in [5.41, 5.74) is 3.08. The Labute approximate surface area is 289 Å². The lowest BCUT2D eigenvalue weighted by molar-refractivity contribution is -0.137. The van der Waals surface area contributed by atoms with E-state index in [2.05, 4.69) is 55.8 Å². The first-order valence-corrected chi connectivity index (χ1v) is 17.3. The zero-order valence-electron chi connectivity index (χ0n) is 27.9. The average Bonchev–Trinajstić information content (AvgIpc) is 3.95. The highest BCUT2D eigenvalue weighted by atomic mass is 16.6. The van der Waals surface area contributed by atoms with E-state index in [4.69, 9.17) is 14.7 Å². The highest BCUT2D eigenvalue weighted by Gasteiger charge is 2.48. The lowest BCUT2D eigenvalue weighted by Crippen LogP contribution is -2.47. The summed E-state index contributed by atoms with van der Waals surface area (Å²) in [6.07, 6.45) is -2.16. The molecule has 3 saturated heterocycles. The van der Waals surface area contributed by atoms with E-state index in [1.807, 2.05) is 41.3 Å². The van der Waals surface area contributed by atoms with E-state index >= 15 is 0 Å². The normalized spacial score (nSPS) is 24.9. The molecule has 50 heavy (non-hydrogen) atoms. The van der Waals surface area contributed by atoms with Crippen LogP contribution < -0.4 is 31.5 Å². The number of imidazole rings is 1. The number of benzene rings is 2. The SMILES string of the molecule is CCNC(=O)[C@H]1O[C@@H](n2cnc3c(NCC(c4ccccc4)c4ccccc4)nc(N4CC[C@@H](NC(=O)N[C@H]5CCNC5)C4)nc32)[C@H](O)[C@@H]1O. The third-order valence-corrected chi connectivity index (χ3v) is 9.61. The van der Waals surface area contributed by atoms with Gasteiger partial charge in [0, 0.05) is 50.7 Å². The van der Waals surface area contributed by atoms with E-state index in [1.54, 1.807) is 11.5 Å². The zero-order chi connectivity index (χ0) is 34.6. The van der Waals surface area contributed by atoms with Crippen LogP contribution in [-0.4, -0.2) is 111 Å². The summed E-state index contributed by atoms with van der Waals surface area (Å²) in [4.78, 5) is 41.9. The number of likely N-dealkylation sites (N-methyl/N-ethyl adjacent to an activating group) is 1. The molecule has 15 nitrogen and oxygen atoms in total. The van der Waals surface area contributed by atoms with Crippen LogP contribution in [-0.2, 0) is 9.53 Å². The number of hydrogen-bond donors (Lipinski definition) is 7. The van der Waals surface area contributed by atoms with Gasteiger partial charge in [-0.15, -0.1) is 0 Å². The number of aromatic nitrogens is 4. The molecule has 15 heteroatoms. The summed E-state index contributed by atoms with van der Waals surface area (Å²) in [5.74, 6) is 0.378. The second-order valence-electron chi connectivity index (χ2n) is 13.0. The minimum Gasteiger partial charge on any atom is -0.387 e. The molecule has 0 spiro atoms. The molecule has 3 fully saturated rings. The minimum absolute atomic E-state index is 0.00475. The van der Waals surface area contributed by atoms with Crippen molar-refractivity contribution in [2.45, 2.75) is 62.3 Å². The molecule has 3 aliphatic rings. The largest absolute Gasteiger partial charge is 0.387 e. The van der Waals surface area contributed by atoms with E-state index in [0.29, 0.717) is 55.5 Å². The maximum absolute atomic E-state index is 12.7. The van der Waals surface area contributed by atoms with Crippen molar-refractivity contribution in [2.75, 3.05) is 49.5 Å². The Morgan fingerprint density at radius 1 is 0.980 bits per heavy atom. The van der Waals surface area contributed by atoms with Gasteiger partial charge in [-0.25, -0.2) is 9.78 Å². The maximum Gasteiger partial charge on any atom is 0.315 e. The highest BCUT2D eigenvalue weighted by Crippen LogP contribution is 2.34. The van der Waals surface area contributed by atoms with Crippen molar-refractivity contribution < 1.29 is 24.5 Å². The molecule has 0 saturated carbocycles. The van der Waals surface area contributed by atoms with Gasteiger partial charge in [-0.05, 0) is 37.4 Å². The molecule has 2 aromatic carbocycles. The number of fused-ring (bicyclic) bond motifs is 1. The van der Waals surface area contributed by atoms with E-state index < -0.39 is 30.4 Å². The van der Waals surface area contributed by atoms with Gasteiger partial charge in [-0.3, -0.25) is 9.36 Å². The standard InChI is InChI=1S/C35H44N10O5/c1-2-37-32(48)29-27(46)28(47)33(50-29)45-20-39-26-30(38-18-25(21-9-5-3-6-10-21)22-11-7-4-8-12-22)42-34(43-31(26)45)44-16-14-24(19-44)41-35(49)40-23-13-15-36-17-23/h3-12,20,23-25,27-29,33,36,46-47H,2,13-19H2,1H3,(H,37,48)(H,38,42,43)(H2,40,41,49)/t23-,24+,27-,28+,29-,33+/m0/s1. The van der Waals surface area contributed by atoms with Gasteiger partial charge in [0.05, 0.1) is 6.33 Å². The Bertz CT molecular complexity index is 1730. The molecule has 7 rings (SSSR count). The van der Waals surface area contributed by atoms with E-state index in [0.717, 1.165) is 30.6 Å². The van der Waals surface area contributed by atoms with Gasteiger partial charge in [0.2, 0.25) is 5.95 Å². The summed E-state index contributed by atoms with van der Waals surface area (Å²) in [5, 5.41) is 37.4. The Kier molecular flexibility index (Phi) is 10.1. The maximum atomic E-state index is 12.7. The fraction of sp³-hybridized carbons (Fsp3) is 0.457. The molecule has 0 radical (unpaired) electrons. The molecule has 0 bridgehead atoms. The van der Waals surface area contributed by atoms with Crippen LogP contribution in [0.15, 0.2) is 67.0 Å². The fourth-order valence-electron chi connectivity index (χ4n) is 6.98. The highest BCUT2D eigenvalue weighted by molar-refractivity contribution is 5.85. The van der Waals surface area contributed by atoms with Gasteiger partial charge >= 0.3 is 6.03 Å². The number of nitrogens with zero attached hydrogens (tertiary/aromatic N) is 5. The van der Waals surface area contributed by atoms with Gasteiger partial charge in [-0.2, -0.15) is 9.97 Å². The Hall–Kier alpha value is -4.83. The quantitative estimate of drug-likeness (QED) is 0.120. The Morgan fingerprint density at radius 2 is 1.70 bits per heavy atom. The predicted octanol–water partition coefficient (Wildman–Crippen LogP) is 1.07. The Morgan fingerprint density at radius 3 is 2.38 bits per heavy atom. The average molecular weight is 685 g/mol. The molecular formula is C35H44N10O5. The molecule has 0 unspecified atom stereocenters. The van der Waals surface area contributed by atoms with Crippen molar-refractivity contribution in [1.82, 2.24) is 40.8 Å². The second kappa shape index (κ2) is 15.0. The number of ether oxygens (including phenoxy) is 1. The molecule has 0 aliphatic carbocycles. The van der Waals surface area contributed by atoms with Crippen molar-refractivity contribution in [1.29, 1.82) is 0 Å². The molecule has 264 valence electrons. The van der Waals surface area contributed by atoms with Crippen LogP contribution in [0.3, 0.4) is 0 Å². The van der Waals surface area contributed by atoms with Gasteiger partial charge < -0.3 is 46.4 Å². The lowest BCUT2D eigenvalue weighted by atomic mass is 9.91. The predicted molar refractivity (Wildman–Crippen MR) is 187 cm³/mol. The number of aliphatic hydroxyl groups is 2. The van der Waals surface area contributed by atoms with Crippen molar-refractivity contribution >= 4 is 34.9 Å². The second-order valence-corrected chi connectivity index (χ2v) is 13.0. The molecule has 2 aromatic heterocycles. The van der Waals surface area contributed by atoms with E-state index in [-0.39, 0.29) is 24.0 Å². The molecule has 6 atom stereocenters. The van der Waals surface area contributed by atoms with Crippen LogP contribution >= 0.6 is 0 Å². The van der Waals surface area contributed by atoms with Crippen LogP contribution in [0.5, 0.6) is 0 Å². The van der Waals surface area contributed by atoms with Gasteiger partial charge in [0.25, 0.3) is 5.91 Å². The first-order chi connectivity index (χ1) is 24.4. The number of hydrogen-bond acceptors (Lipinski definition) is 11. The number of urea groups is 1. The van der Waals surface area contributed by atoms with Crippen molar-refractivity contribution in [3.63, 3.8) is 0 Å². The third-order valence-electron chi connectivity index (χ3n) is 9.61. The summed E-state index contributed by atoms with van der Waals surface area (Å²) < 4.78 is 7.49. The van der Waals surface area contributed by atoms with Gasteiger partial charge in [0.1, 0.15) is 12.2 Å². The third kappa shape index (κ3) is 7.07. The van der Waals surface area contributed by atoms with Crippen molar-refractivity contribution in [3.05, 3.63) is 78.1 Å². The molecule has 3 amide bonds. The number of anilines is 2. The first kappa shape index (κ1) is 33.7. The van der Waals surface area contributed by atoms with Crippen LogP contribution in [0.4, 0.5) is 16.6 Å². The zero-order valence-corrected chi connectivity index (χ0v) is 27.9. The molecular weight excluding hydrogens is 640 g/mol. The number of carbonyl (C=O) groups is 2. The van der Waals surface area contributed by atoms with Crippen LogP contribution in [0.1, 0.15) is 43.0 Å². The summed E-state index contributed by atoms with van der Waals surface area (Å²) >= 11 is 0. The van der Waals surface area contributed by atoms with Crippen LogP contribution in [0, 0.1) is 0 Å². The Balaban J connectivity index is 1.19. The number of aliphatic hydroxyl groups excluding tert-OH is 2. The fourth-order valence-corrected chi connectivity index (χ4v) is 6.98.